The third-order valence-corrected chi connectivity index (χ3v) is 5.49. The minimum Gasteiger partial charge on any atom is -0.465 e. The van der Waals surface area contributed by atoms with Gasteiger partial charge in [-0.25, -0.2) is 14.8 Å². The Balaban J connectivity index is 1.41. The lowest BCUT2D eigenvalue weighted by Gasteiger charge is -2.27. The van der Waals surface area contributed by atoms with Crippen molar-refractivity contribution in [1.29, 1.82) is 0 Å². The fraction of sp³-hybridized carbons (Fsp3) is 0.167. The van der Waals surface area contributed by atoms with Crippen LogP contribution in [0.1, 0.15) is 16.8 Å². The predicted octanol–water partition coefficient (Wildman–Crippen LogP) is 4.52. The zero-order valence-electron chi connectivity index (χ0n) is 17.7. The summed E-state index contributed by atoms with van der Waals surface area (Å²) in [6.07, 6.45) is 2.66. The average molecular weight is 442 g/mol. The van der Waals surface area contributed by atoms with Crippen LogP contribution in [-0.2, 0) is 19.5 Å². The second kappa shape index (κ2) is 8.99. The summed E-state index contributed by atoms with van der Waals surface area (Å²) in [5, 5.41) is 16.1. The molecule has 4 aromatic rings. The van der Waals surface area contributed by atoms with E-state index in [2.05, 4.69) is 25.6 Å². The Labute approximate surface area is 190 Å². The van der Waals surface area contributed by atoms with Gasteiger partial charge in [-0.1, -0.05) is 30.3 Å². The zero-order chi connectivity index (χ0) is 22.6. The molecule has 3 N–H and O–H groups in total. The average Bonchev–Trinajstić information content (AvgIpc) is 3.38. The molecule has 1 aliphatic rings. The molecule has 2 aromatic carbocycles. The van der Waals surface area contributed by atoms with Crippen LogP contribution in [0.25, 0.3) is 11.3 Å². The van der Waals surface area contributed by atoms with Crippen LogP contribution < -0.4 is 10.6 Å². The van der Waals surface area contributed by atoms with E-state index in [9.17, 15) is 9.90 Å². The lowest BCUT2D eigenvalue weighted by atomic mass is 10.1. The number of anilines is 3. The number of aromatic nitrogens is 3. The molecule has 0 spiro atoms. The van der Waals surface area contributed by atoms with Crippen molar-refractivity contribution in [2.75, 3.05) is 17.2 Å². The second-order valence-corrected chi connectivity index (χ2v) is 7.68. The van der Waals surface area contributed by atoms with E-state index < -0.39 is 6.09 Å². The minimum atomic E-state index is -0.941. The predicted molar refractivity (Wildman–Crippen MR) is 123 cm³/mol. The van der Waals surface area contributed by atoms with E-state index >= 15 is 0 Å². The number of hydrogen-bond donors (Lipinski definition) is 3. The first-order valence-corrected chi connectivity index (χ1v) is 10.6. The van der Waals surface area contributed by atoms with Crippen molar-refractivity contribution in [2.45, 2.75) is 19.5 Å². The van der Waals surface area contributed by atoms with E-state index in [0.717, 1.165) is 28.1 Å². The lowest BCUT2D eigenvalue weighted by Crippen LogP contribution is -2.36. The smallest absolute Gasteiger partial charge is 0.407 e. The Morgan fingerprint density at radius 1 is 1.09 bits per heavy atom. The van der Waals surface area contributed by atoms with Crippen molar-refractivity contribution in [1.82, 2.24) is 19.9 Å². The summed E-state index contributed by atoms with van der Waals surface area (Å²) in [6, 6.07) is 17.7. The molecule has 3 heterocycles. The first-order chi connectivity index (χ1) is 16.2. The molecular formula is C24H22N6O3. The van der Waals surface area contributed by atoms with Gasteiger partial charge in [-0.2, -0.15) is 4.98 Å². The highest BCUT2D eigenvalue weighted by Gasteiger charge is 2.25. The molecule has 0 saturated heterocycles. The third kappa shape index (κ3) is 4.62. The van der Waals surface area contributed by atoms with E-state index in [1.165, 1.54) is 11.3 Å². The molecule has 2 aromatic heterocycles. The summed E-state index contributed by atoms with van der Waals surface area (Å²) in [4.78, 5) is 26.2. The summed E-state index contributed by atoms with van der Waals surface area (Å²) < 4.78 is 5.33. The maximum absolute atomic E-state index is 11.5. The van der Waals surface area contributed by atoms with Gasteiger partial charge in [0.25, 0.3) is 0 Å². The number of benzene rings is 2. The fourth-order valence-corrected chi connectivity index (χ4v) is 3.77. The van der Waals surface area contributed by atoms with Crippen LogP contribution in [0, 0.1) is 0 Å². The normalized spacial score (nSPS) is 12.8. The molecule has 0 bridgehead atoms. The van der Waals surface area contributed by atoms with Gasteiger partial charge in [0, 0.05) is 36.3 Å². The Morgan fingerprint density at radius 3 is 2.64 bits per heavy atom. The number of oxazole rings is 1. The van der Waals surface area contributed by atoms with Crippen LogP contribution in [0.15, 0.2) is 71.6 Å². The molecule has 0 saturated carbocycles. The third-order valence-electron chi connectivity index (χ3n) is 5.49. The Bertz CT molecular complexity index is 1240. The SMILES string of the molecule is O=C(O)N1CCc2nc(Nc3ccc(-c4cnco4)cc3)nc(NCc3ccccc3)c2C1. The van der Waals surface area contributed by atoms with Crippen LogP contribution in [0.3, 0.4) is 0 Å². The monoisotopic (exact) mass is 442 g/mol. The number of nitrogens with zero attached hydrogens (tertiary/aromatic N) is 4. The molecule has 9 heteroatoms. The second-order valence-electron chi connectivity index (χ2n) is 7.68. The highest BCUT2D eigenvalue weighted by molar-refractivity contribution is 5.67. The first kappa shape index (κ1) is 20.5. The van der Waals surface area contributed by atoms with Gasteiger partial charge in [0.05, 0.1) is 18.4 Å². The molecule has 0 aliphatic carbocycles. The van der Waals surface area contributed by atoms with Crippen LogP contribution in [0.2, 0.25) is 0 Å². The van der Waals surface area contributed by atoms with Crippen molar-refractivity contribution in [3.8, 4) is 11.3 Å². The number of fused-ring (bicyclic) bond motifs is 1. The van der Waals surface area contributed by atoms with Gasteiger partial charge in [0.2, 0.25) is 5.95 Å². The molecule has 33 heavy (non-hydrogen) atoms. The van der Waals surface area contributed by atoms with Crippen LogP contribution in [-0.4, -0.2) is 37.6 Å². The number of amides is 1. The minimum absolute atomic E-state index is 0.258. The quantitative estimate of drug-likeness (QED) is 0.399. The maximum Gasteiger partial charge on any atom is 0.407 e. The van der Waals surface area contributed by atoms with Gasteiger partial charge in [-0.05, 0) is 29.8 Å². The van der Waals surface area contributed by atoms with Gasteiger partial charge in [-0.3, -0.25) is 0 Å². The lowest BCUT2D eigenvalue weighted by molar-refractivity contribution is 0.139. The van der Waals surface area contributed by atoms with Crippen LogP contribution in [0.5, 0.6) is 0 Å². The number of carbonyl (C=O) groups is 1. The van der Waals surface area contributed by atoms with E-state index in [4.69, 9.17) is 4.42 Å². The van der Waals surface area contributed by atoms with Crippen LogP contribution in [0.4, 0.5) is 22.2 Å². The molecule has 1 aliphatic heterocycles. The molecule has 0 atom stereocenters. The van der Waals surface area contributed by atoms with Crippen molar-refractivity contribution in [3.05, 3.63) is 84.0 Å². The highest BCUT2D eigenvalue weighted by atomic mass is 16.4. The highest BCUT2D eigenvalue weighted by Crippen LogP contribution is 2.28. The van der Waals surface area contributed by atoms with Gasteiger partial charge >= 0.3 is 6.09 Å². The molecule has 0 unspecified atom stereocenters. The van der Waals surface area contributed by atoms with Gasteiger partial charge in [-0.15, -0.1) is 0 Å². The van der Waals surface area contributed by atoms with E-state index in [-0.39, 0.29) is 6.54 Å². The maximum atomic E-state index is 11.5. The van der Waals surface area contributed by atoms with Crippen molar-refractivity contribution in [3.63, 3.8) is 0 Å². The van der Waals surface area contributed by atoms with Crippen molar-refractivity contribution in [2.24, 2.45) is 0 Å². The molecule has 0 fully saturated rings. The fourth-order valence-electron chi connectivity index (χ4n) is 3.77. The Morgan fingerprint density at radius 2 is 1.91 bits per heavy atom. The van der Waals surface area contributed by atoms with Gasteiger partial charge in [0.15, 0.2) is 12.2 Å². The molecule has 166 valence electrons. The summed E-state index contributed by atoms with van der Waals surface area (Å²) in [7, 11) is 0. The largest absolute Gasteiger partial charge is 0.465 e. The number of hydrogen-bond acceptors (Lipinski definition) is 7. The summed E-state index contributed by atoms with van der Waals surface area (Å²) >= 11 is 0. The number of carboxylic acid groups (broad SMARTS) is 1. The molecule has 1 amide bonds. The van der Waals surface area contributed by atoms with E-state index in [1.807, 2.05) is 54.6 Å². The first-order valence-electron chi connectivity index (χ1n) is 10.6. The molecule has 5 rings (SSSR count). The van der Waals surface area contributed by atoms with Crippen LogP contribution >= 0.6 is 0 Å². The summed E-state index contributed by atoms with van der Waals surface area (Å²) in [5.41, 5.74) is 4.51. The van der Waals surface area contributed by atoms with E-state index in [0.29, 0.717) is 37.0 Å². The molecular weight excluding hydrogens is 420 g/mol. The standard InChI is InChI=1S/C24H22N6O3/c31-24(32)30-11-10-20-19(14-30)22(26-12-16-4-2-1-3-5-16)29-23(28-20)27-18-8-6-17(7-9-18)21-13-25-15-33-21/h1-9,13,15H,10-12,14H2,(H,31,32)(H2,26,27,28,29). The zero-order valence-corrected chi connectivity index (χ0v) is 17.7. The number of nitrogens with one attached hydrogen (secondary N) is 2. The molecule has 0 radical (unpaired) electrons. The van der Waals surface area contributed by atoms with Crippen molar-refractivity contribution < 1.29 is 14.3 Å². The Hall–Kier alpha value is -4.40. The van der Waals surface area contributed by atoms with Gasteiger partial charge in [0.1, 0.15) is 5.82 Å². The van der Waals surface area contributed by atoms with E-state index in [1.54, 1.807) is 6.20 Å². The Kier molecular flexibility index (Phi) is 5.59. The van der Waals surface area contributed by atoms with Gasteiger partial charge < -0.3 is 25.1 Å². The topological polar surface area (TPSA) is 116 Å². The summed E-state index contributed by atoms with van der Waals surface area (Å²) in [6.45, 7) is 1.24. The summed E-state index contributed by atoms with van der Waals surface area (Å²) in [5.74, 6) is 1.79. The van der Waals surface area contributed by atoms with Crippen molar-refractivity contribution >= 4 is 23.5 Å². The number of rotatable bonds is 6. The molecule has 9 nitrogen and oxygen atoms in total.